The lowest BCUT2D eigenvalue weighted by Crippen LogP contribution is -2.30. The minimum absolute atomic E-state index is 0.239. The third-order valence-corrected chi connectivity index (χ3v) is 7.21. The topological polar surface area (TPSA) is 137 Å². The first-order valence-electron chi connectivity index (χ1n) is 15.7. The second kappa shape index (κ2) is 22.5. The highest BCUT2D eigenvalue weighted by atomic mass is 16.5. The summed E-state index contributed by atoms with van der Waals surface area (Å²) in [7, 11) is 0. The lowest BCUT2D eigenvalue weighted by molar-refractivity contribution is -0.138. The Bertz CT molecular complexity index is 864. The molecule has 0 N–H and O–H groups in total. The maximum absolute atomic E-state index is 12.0. The number of carbonyl (C=O) groups is 6. The molecule has 0 saturated carbocycles. The van der Waals surface area contributed by atoms with E-state index in [1.165, 1.54) is 34.1 Å². The number of Topliss-reactive ketones (excluding diaryl/α,β-unsaturated/α-hetero) is 2. The average molecular weight is 605 g/mol. The number of ketones is 2. The monoisotopic (exact) mass is 604 g/mol. The van der Waals surface area contributed by atoms with Crippen LogP contribution in [0.4, 0.5) is 0 Å². The highest BCUT2D eigenvalue weighted by Crippen LogP contribution is 2.11. The zero-order valence-electron chi connectivity index (χ0n) is 25.4. The van der Waals surface area contributed by atoms with E-state index in [4.69, 9.17) is 14.2 Å². The maximum atomic E-state index is 12.0. The van der Waals surface area contributed by atoms with E-state index >= 15 is 0 Å². The third kappa shape index (κ3) is 16.4. The van der Waals surface area contributed by atoms with Crippen LogP contribution in [0.2, 0.25) is 0 Å². The van der Waals surface area contributed by atoms with Crippen LogP contribution in [-0.2, 0) is 43.0 Å². The van der Waals surface area contributed by atoms with Gasteiger partial charge in [-0.2, -0.15) is 0 Å². The van der Waals surface area contributed by atoms with Gasteiger partial charge < -0.3 is 14.2 Å². The molecule has 0 aromatic carbocycles. The van der Waals surface area contributed by atoms with Crippen molar-refractivity contribution >= 4 is 35.2 Å². The Balaban J connectivity index is 1.24. The molecule has 0 unspecified atom stereocenters. The van der Waals surface area contributed by atoms with Gasteiger partial charge >= 0.3 is 0 Å². The molecule has 0 saturated heterocycles. The van der Waals surface area contributed by atoms with Crippen molar-refractivity contribution in [3.8, 4) is 0 Å². The van der Waals surface area contributed by atoms with Gasteiger partial charge in [-0.05, 0) is 51.4 Å². The van der Waals surface area contributed by atoms with E-state index in [1.54, 1.807) is 0 Å². The van der Waals surface area contributed by atoms with Crippen LogP contribution < -0.4 is 0 Å². The van der Waals surface area contributed by atoms with E-state index in [2.05, 4.69) is 0 Å². The molecular weight excluding hydrogens is 556 g/mol. The zero-order chi connectivity index (χ0) is 31.1. The summed E-state index contributed by atoms with van der Waals surface area (Å²) in [6, 6.07) is 0. The zero-order valence-corrected chi connectivity index (χ0v) is 25.4. The van der Waals surface area contributed by atoms with Crippen molar-refractivity contribution in [1.29, 1.82) is 0 Å². The third-order valence-electron chi connectivity index (χ3n) is 7.21. The Morgan fingerprint density at radius 1 is 0.419 bits per heavy atom. The molecule has 0 aliphatic carbocycles. The van der Waals surface area contributed by atoms with Crippen LogP contribution in [0, 0.1) is 0 Å². The molecule has 2 aliphatic heterocycles. The Labute approximate surface area is 254 Å². The second-order valence-corrected chi connectivity index (χ2v) is 10.8. The number of rotatable bonds is 28. The van der Waals surface area contributed by atoms with Crippen molar-refractivity contribution < 1.29 is 43.0 Å². The van der Waals surface area contributed by atoms with Crippen LogP contribution in [0.15, 0.2) is 24.3 Å². The van der Waals surface area contributed by atoms with Gasteiger partial charge in [0.1, 0.15) is 11.6 Å². The van der Waals surface area contributed by atoms with Crippen molar-refractivity contribution in [3.63, 3.8) is 0 Å². The molecule has 11 nitrogen and oxygen atoms in total. The maximum Gasteiger partial charge on any atom is 0.253 e. The summed E-state index contributed by atoms with van der Waals surface area (Å²) >= 11 is 0. The number of hydrogen-bond donors (Lipinski definition) is 0. The van der Waals surface area contributed by atoms with Gasteiger partial charge in [-0.1, -0.05) is 12.8 Å². The highest BCUT2D eigenvalue weighted by molar-refractivity contribution is 6.13. The molecule has 2 aliphatic rings. The van der Waals surface area contributed by atoms with Gasteiger partial charge in [-0.25, -0.2) is 0 Å². The van der Waals surface area contributed by atoms with Gasteiger partial charge in [0.15, 0.2) is 0 Å². The Kier molecular flexibility index (Phi) is 18.9. The highest BCUT2D eigenvalue weighted by Gasteiger charge is 2.23. The summed E-state index contributed by atoms with van der Waals surface area (Å²) in [5.41, 5.74) is 0. The van der Waals surface area contributed by atoms with Crippen LogP contribution >= 0.6 is 0 Å². The van der Waals surface area contributed by atoms with E-state index in [-0.39, 0.29) is 35.2 Å². The first-order chi connectivity index (χ1) is 20.9. The predicted octanol–water partition coefficient (Wildman–Crippen LogP) is 3.49. The smallest absolute Gasteiger partial charge is 0.253 e. The number of hydrogen-bond acceptors (Lipinski definition) is 9. The largest absolute Gasteiger partial charge is 0.379 e. The summed E-state index contributed by atoms with van der Waals surface area (Å²) < 4.78 is 16.6. The van der Waals surface area contributed by atoms with Crippen molar-refractivity contribution in [2.45, 2.75) is 89.9 Å². The van der Waals surface area contributed by atoms with Gasteiger partial charge in [-0.3, -0.25) is 38.6 Å². The van der Waals surface area contributed by atoms with E-state index < -0.39 is 0 Å². The molecule has 2 rings (SSSR count). The normalized spacial score (nSPS) is 14.6. The van der Waals surface area contributed by atoms with Gasteiger partial charge in [-0.15, -0.1) is 0 Å². The molecule has 0 aromatic heterocycles. The van der Waals surface area contributed by atoms with Crippen molar-refractivity contribution in [2.75, 3.05) is 52.7 Å². The first kappa shape index (κ1) is 36.2. The van der Waals surface area contributed by atoms with Crippen LogP contribution in [0.25, 0.3) is 0 Å². The minimum atomic E-state index is -0.257. The van der Waals surface area contributed by atoms with E-state index in [9.17, 15) is 28.8 Å². The molecule has 4 amide bonds. The van der Waals surface area contributed by atoms with Gasteiger partial charge in [0.2, 0.25) is 0 Å². The number of imide groups is 2. The van der Waals surface area contributed by atoms with Gasteiger partial charge in [0.25, 0.3) is 23.6 Å². The fourth-order valence-corrected chi connectivity index (χ4v) is 4.69. The summed E-state index contributed by atoms with van der Waals surface area (Å²) in [5, 5.41) is 0. The quantitative estimate of drug-likeness (QED) is 0.0971. The number of carbonyl (C=O) groups excluding carboxylic acids is 6. The van der Waals surface area contributed by atoms with E-state index in [0.29, 0.717) is 78.4 Å². The lowest BCUT2D eigenvalue weighted by atomic mass is 10.1. The van der Waals surface area contributed by atoms with Crippen LogP contribution in [0.3, 0.4) is 0 Å². The Morgan fingerprint density at radius 2 is 0.721 bits per heavy atom. The predicted molar refractivity (Wildman–Crippen MR) is 159 cm³/mol. The fourth-order valence-electron chi connectivity index (χ4n) is 4.69. The van der Waals surface area contributed by atoms with Gasteiger partial charge in [0.05, 0.1) is 26.4 Å². The van der Waals surface area contributed by atoms with Gasteiger partial charge in [0, 0.05) is 76.3 Å². The molecule has 0 radical (unpaired) electrons. The SMILES string of the molecule is O=C(CCCCCN1C(=O)C=CC1=O)CCCCOCCOCCOCCCCC(=O)CCCCCN1C(=O)C=CC1=O. The Morgan fingerprint density at radius 3 is 1.07 bits per heavy atom. The van der Waals surface area contributed by atoms with Crippen molar-refractivity contribution in [3.05, 3.63) is 24.3 Å². The molecule has 0 spiro atoms. The molecule has 43 heavy (non-hydrogen) atoms. The lowest BCUT2D eigenvalue weighted by Gasteiger charge is -2.12. The summed E-state index contributed by atoms with van der Waals surface area (Å²) in [4.78, 5) is 72.3. The molecule has 240 valence electrons. The molecule has 0 aromatic rings. The fraction of sp³-hybridized carbons (Fsp3) is 0.688. The molecule has 11 heteroatoms. The van der Waals surface area contributed by atoms with Crippen molar-refractivity contribution in [2.24, 2.45) is 0 Å². The molecule has 0 atom stereocenters. The molecule has 0 fully saturated rings. The summed E-state index contributed by atoms with van der Waals surface area (Å²) in [5.74, 6) is -0.552. The van der Waals surface area contributed by atoms with E-state index in [1.807, 2.05) is 0 Å². The second-order valence-electron chi connectivity index (χ2n) is 10.8. The molecule has 0 bridgehead atoms. The number of amides is 4. The summed E-state index contributed by atoms with van der Waals surface area (Å²) in [6.07, 6.45) is 15.2. The minimum Gasteiger partial charge on any atom is -0.379 e. The van der Waals surface area contributed by atoms with Crippen molar-refractivity contribution in [1.82, 2.24) is 9.80 Å². The number of ether oxygens (including phenoxy) is 3. The number of nitrogens with zero attached hydrogens (tertiary/aromatic N) is 2. The summed E-state index contributed by atoms with van der Waals surface area (Å²) in [6.45, 7) is 3.99. The average Bonchev–Trinajstić information content (AvgIpc) is 3.48. The van der Waals surface area contributed by atoms with Crippen LogP contribution in [0.1, 0.15) is 89.9 Å². The molecular formula is C32H48N2O9. The number of unbranched alkanes of at least 4 members (excludes halogenated alkanes) is 6. The van der Waals surface area contributed by atoms with Crippen LogP contribution in [-0.4, -0.2) is 97.7 Å². The Hall–Kier alpha value is -3.02. The first-order valence-corrected chi connectivity index (χ1v) is 15.7. The standard InChI is InChI=1S/C32H48N2O9/c35-27(11-3-1-7-19-33-29(37)15-16-30(33)38)13-5-9-21-41-23-25-43-26-24-42-22-10-6-14-28(36)12-4-2-8-20-34-31(39)17-18-32(34)40/h15-18H,1-14,19-26H2. The molecule has 2 heterocycles. The van der Waals surface area contributed by atoms with Crippen LogP contribution in [0.5, 0.6) is 0 Å². The van der Waals surface area contributed by atoms with E-state index in [0.717, 1.165) is 64.2 Å².